The molecule has 7 nitrogen and oxygen atoms in total. The van der Waals surface area contributed by atoms with Crippen LogP contribution in [-0.2, 0) is 19.6 Å². The Labute approximate surface area is 156 Å². The summed E-state index contributed by atoms with van der Waals surface area (Å²) in [6.45, 7) is 0.664. The number of carbonyl (C=O) groups is 2. The van der Waals surface area contributed by atoms with Crippen LogP contribution in [0, 0.1) is 5.92 Å². The van der Waals surface area contributed by atoms with Gasteiger partial charge < -0.3 is 10.1 Å². The number of carbonyl (C=O) groups excluding carboxylic acids is 2. The first-order chi connectivity index (χ1) is 12.3. The molecule has 1 saturated heterocycles. The number of nitrogens with one attached hydrogen (secondary N) is 1. The Bertz CT molecular complexity index is 951. The Morgan fingerprint density at radius 3 is 2.77 bits per heavy atom. The zero-order valence-electron chi connectivity index (χ0n) is 14.5. The van der Waals surface area contributed by atoms with Gasteiger partial charge in [-0.05, 0) is 42.5 Å². The SMILES string of the molecule is COC(=O)c1cc2cc(NC(=O)[C@@H]3CCCN(S(C)(=O)=O)C3)ccc2s1. The summed E-state index contributed by atoms with van der Waals surface area (Å²) in [6, 6.07) is 7.14. The van der Waals surface area contributed by atoms with E-state index in [1.165, 1.54) is 22.8 Å². The summed E-state index contributed by atoms with van der Waals surface area (Å²) >= 11 is 1.33. The normalized spacial score (nSPS) is 18.6. The van der Waals surface area contributed by atoms with Crippen LogP contribution >= 0.6 is 11.3 Å². The van der Waals surface area contributed by atoms with Crippen LogP contribution in [0.2, 0.25) is 0 Å². The fourth-order valence-corrected chi connectivity index (χ4v) is 4.90. The van der Waals surface area contributed by atoms with Crippen molar-refractivity contribution in [1.29, 1.82) is 0 Å². The Kier molecular flexibility index (Phi) is 5.31. The van der Waals surface area contributed by atoms with Crippen LogP contribution in [0.15, 0.2) is 24.3 Å². The first-order valence-corrected chi connectivity index (χ1v) is 10.8. The molecule has 1 atom stereocenters. The molecule has 1 aliphatic heterocycles. The van der Waals surface area contributed by atoms with Crippen molar-refractivity contribution in [3.8, 4) is 0 Å². The average Bonchev–Trinajstić information content (AvgIpc) is 3.03. The van der Waals surface area contributed by atoms with Gasteiger partial charge in [-0.15, -0.1) is 11.3 Å². The van der Waals surface area contributed by atoms with Gasteiger partial charge in [-0.25, -0.2) is 17.5 Å². The lowest BCUT2D eigenvalue weighted by Crippen LogP contribution is -2.43. The van der Waals surface area contributed by atoms with Crippen molar-refractivity contribution in [1.82, 2.24) is 4.31 Å². The molecule has 0 bridgehead atoms. The van der Waals surface area contributed by atoms with Crippen molar-refractivity contribution >= 4 is 49.0 Å². The molecule has 0 unspecified atom stereocenters. The fourth-order valence-electron chi connectivity index (χ4n) is 3.02. The first-order valence-electron chi connectivity index (χ1n) is 8.16. The van der Waals surface area contributed by atoms with Crippen LogP contribution < -0.4 is 5.32 Å². The van der Waals surface area contributed by atoms with Gasteiger partial charge in [-0.3, -0.25) is 4.79 Å². The molecular formula is C17H20N2O5S2. The van der Waals surface area contributed by atoms with E-state index in [1.54, 1.807) is 18.2 Å². The molecule has 2 heterocycles. The number of anilines is 1. The lowest BCUT2D eigenvalue weighted by Gasteiger charge is -2.30. The molecule has 1 aromatic carbocycles. The van der Waals surface area contributed by atoms with Gasteiger partial charge in [0.15, 0.2) is 0 Å². The van der Waals surface area contributed by atoms with Crippen molar-refractivity contribution in [2.75, 3.05) is 31.8 Å². The number of amides is 1. The summed E-state index contributed by atoms with van der Waals surface area (Å²) in [5.74, 6) is -0.955. The Morgan fingerprint density at radius 2 is 2.08 bits per heavy atom. The quantitative estimate of drug-likeness (QED) is 0.801. The maximum atomic E-state index is 12.5. The van der Waals surface area contributed by atoms with Gasteiger partial charge in [0.05, 0.1) is 19.3 Å². The number of rotatable bonds is 4. The lowest BCUT2D eigenvalue weighted by molar-refractivity contribution is -0.120. The largest absolute Gasteiger partial charge is 0.465 e. The molecule has 1 aromatic heterocycles. The number of benzene rings is 1. The van der Waals surface area contributed by atoms with Crippen molar-refractivity contribution in [3.63, 3.8) is 0 Å². The molecule has 0 radical (unpaired) electrons. The lowest BCUT2D eigenvalue weighted by atomic mass is 9.98. The summed E-state index contributed by atoms with van der Waals surface area (Å²) in [4.78, 5) is 24.7. The number of piperidine rings is 1. The summed E-state index contributed by atoms with van der Waals surface area (Å²) in [5, 5.41) is 3.70. The molecular weight excluding hydrogens is 376 g/mol. The van der Waals surface area contributed by atoms with E-state index in [9.17, 15) is 18.0 Å². The predicted molar refractivity (Wildman–Crippen MR) is 101 cm³/mol. The molecule has 0 saturated carbocycles. The molecule has 9 heteroatoms. The van der Waals surface area contributed by atoms with E-state index < -0.39 is 10.0 Å². The Hall–Kier alpha value is -1.97. The van der Waals surface area contributed by atoms with Gasteiger partial charge in [0.2, 0.25) is 15.9 Å². The van der Waals surface area contributed by atoms with Gasteiger partial charge >= 0.3 is 5.97 Å². The minimum atomic E-state index is -3.29. The number of methoxy groups -OCH3 is 1. The van der Waals surface area contributed by atoms with E-state index in [-0.39, 0.29) is 24.3 Å². The topological polar surface area (TPSA) is 92.8 Å². The van der Waals surface area contributed by atoms with Crippen molar-refractivity contribution in [2.45, 2.75) is 12.8 Å². The number of hydrogen-bond donors (Lipinski definition) is 1. The minimum absolute atomic E-state index is 0.193. The number of hydrogen-bond acceptors (Lipinski definition) is 6. The molecule has 0 aliphatic carbocycles. The first kappa shape index (κ1) is 18.8. The second-order valence-corrected chi connectivity index (χ2v) is 9.37. The number of nitrogens with zero attached hydrogens (tertiary/aromatic N) is 1. The van der Waals surface area contributed by atoms with E-state index in [4.69, 9.17) is 4.74 Å². The van der Waals surface area contributed by atoms with Crippen LogP contribution in [0.3, 0.4) is 0 Å². The van der Waals surface area contributed by atoms with Crippen LogP contribution in [-0.4, -0.2) is 51.1 Å². The monoisotopic (exact) mass is 396 g/mol. The molecule has 3 rings (SSSR count). The van der Waals surface area contributed by atoms with Gasteiger partial charge in [0, 0.05) is 23.5 Å². The Morgan fingerprint density at radius 1 is 1.31 bits per heavy atom. The third-order valence-electron chi connectivity index (χ3n) is 4.39. The molecule has 2 aromatic rings. The van der Waals surface area contributed by atoms with Gasteiger partial charge in [0.25, 0.3) is 0 Å². The van der Waals surface area contributed by atoms with Crippen LogP contribution in [0.1, 0.15) is 22.5 Å². The number of sulfonamides is 1. The van der Waals surface area contributed by atoms with Gasteiger partial charge in [-0.1, -0.05) is 0 Å². The highest BCUT2D eigenvalue weighted by atomic mass is 32.2. The van der Waals surface area contributed by atoms with Crippen LogP contribution in [0.25, 0.3) is 10.1 Å². The maximum absolute atomic E-state index is 12.5. The van der Waals surface area contributed by atoms with Crippen molar-refractivity contribution in [2.24, 2.45) is 5.92 Å². The summed E-state index contributed by atoms with van der Waals surface area (Å²) < 4.78 is 30.4. The Balaban J connectivity index is 1.73. The smallest absolute Gasteiger partial charge is 0.348 e. The number of fused-ring (bicyclic) bond motifs is 1. The van der Waals surface area contributed by atoms with E-state index >= 15 is 0 Å². The zero-order chi connectivity index (χ0) is 18.9. The van der Waals surface area contributed by atoms with Crippen molar-refractivity contribution < 1.29 is 22.7 Å². The second kappa shape index (κ2) is 7.34. The molecule has 1 aliphatic rings. The summed E-state index contributed by atoms with van der Waals surface area (Å²) in [6.07, 6.45) is 2.49. The molecule has 1 fully saturated rings. The average molecular weight is 396 g/mol. The maximum Gasteiger partial charge on any atom is 0.348 e. The standard InChI is InChI=1S/C17H20N2O5S2/c1-24-17(21)15-9-12-8-13(5-6-14(12)25-15)18-16(20)11-4-3-7-19(10-11)26(2,22)23/h5-6,8-9,11H,3-4,7,10H2,1-2H3,(H,18,20)/t11-/m1/s1. The van der Waals surface area contributed by atoms with E-state index in [0.29, 0.717) is 30.0 Å². The van der Waals surface area contributed by atoms with Gasteiger partial charge in [-0.2, -0.15) is 0 Å². The molecule has 1 N–H and O–H groups in total. The minimum Gasteiger partial charge on any atom is -0.465 e. The highest BCUT2D eigenvalue weighted by molar-refractivity contribution is 7.88. The van der Waals surface area contributed by atoms with Crippen LogP contribution in [0.5, 0.6) is 0 Å². The van der Waals surface area contributed by atoms with E-state index in [1.807, 2.05) is 6.07 Å². The predicted octanol–water partition coefficient (Wildman–Crippen LogP) is 2.30. The van der Waals surface area contributed by atoms with Crippen LogP contribution in [0.4, 0.5) is 5.69 Å². The summed E-state index contributed by atoms with van der Waals surface area (Å²) in [7, 11) is -1.96. The zero-order valence-corrected chi connectivity index (χ0v) is 16.2. The third-order valence-corrected chi connectivity index (χ3v) is 6.76. The van der Waals surface area contributed by atoms with Crippen molar-refractivity contribution in [3.05, 3.63) is 29.1 Å². The number of ether oxygens (including phenoxy) is 1. The number of esters is 1. The highest BCUT2D eigenvalue weighted by Crippen LogP contribution is 2.29. The number of thiophene rings is 1. The fraction of sp³-hybridized carbons (Fsp3) is 0.412. The van der Waals surface area contributed by atoms with Gasteiger partial charge in [0.1, 0.15) is 4.88 Å². The molecule has 140 valence electrons. The molecule has 1 amide bonds. The molecule has 26 heavy (non-hydrogen) atoms. The third kappa shape index (κ3) is 4.05. The van der Waals surface area contributed by atoms with E-state index in [0.717, 1.165) is 16.3 Å². The molecule has 0 spiro atoms. The second-order valence-electron chi connectivity index (χ2n) is 6.30. The highest BCUT2D eigenvalue weighted by Gasteiger charge is 2.30. The van der Waals surface area contributed by atoms with E-state index in [2.05, 4.69) is 5.32 Å². The summed E-state index contributed by atoms with van der Waals surface area (Å²) in [5.41, 5.74) is 0.619.